The van der Waals surface area contributed by atoms with Gasteiger partial charge in [-0.05, 0) is 61.5 Å². The number of fused-ring (bicyclic) bond motifs is 1. The standard InChI is InChI=1S/C23H32FNO3/c1-15(5-4-6-16(2)28-3)18-9-7-17(8-10-18)13-25-14-19-11-12-20(26)22(24)21(19)23(25)27/h11-12,15,17-18,26H,2,4-10,13-14H2,1,3H3. The lowest BCUT2D eigenvalue weighted by Crippen LogP contribution is -2.32. The first-order valence-corrected chi connectivity index (χ1v) is 10.4. The third kappa shape index (κ3) is 4.50. The summed E-state index contributed by atoms with van der Waals surface area (Å²) in [7, 11) is 1.67. The minimum absolute atomic E-state index is 0.0555. The molecule has 0 aromatic heterocycles. The molecule has 1 aliphatic carbocycles. The number of phenolic OH excluding ortho intramolecular Hbond substituents is 1. The van der Waals surface area contributed by atoms with Gasteiger partial charge in [0, 0.05) is 19.5 Å². The van der Waals surface area contributed by atoms with Crippen LogP contribution in [-0.4, -0.2) is 29.6 Å². The molecule has 0 spiro atoms. The molecule has 0 radical (unpaired) electrons. The average Bonchev–Trinajstić information content (AvgIpc) is 3.01. The van der Waals surface area contributed by atoms with E-state index in [1.807, 2.05) is 0 Å². The number of carbonyl (C=O) groups excluding carboxylic acids is 1. The summed E-state index contributed by atoms with van der Waals surface area (Å²) >= 11 is 0. The summed E-state index contributed by atoms with van der Waals surface area (Å²) in [5, 5.41) is 9.54. The van der Waals surface area contributed by atoms with E-state index in [0.29, 0.717) is 30.5 Å². The highest BCUT2D eigenvalue weighted by Gasteiger charge is 2.34. The van der Waals surface area contributed by atoms with Crippen molar-refractivity contribution in [2.24, 2.45) is 17.8 Å². The summed E-state index contributed by atoms with van der Waals surface area (Å²) in [6.07, 6.45) is 7.87. The van der Waals surface area contributed by atoms with Gasteiger partial charge < -0.3 is 14.7 Å². The zero-order valence-electron chi connectivity index (χ0n) is 17.0. The lowest BCUT2D eigenvalue weighted by molar-refractivity contribution is 0.0717. The second kappa shape index (κ2) is 8.97. The molecule has 1 aromatic carbocycles. The molecule has 4 nitrogen and oxygen atoms in total. The van der Waals surface area contributed by atoms with Gasteiger partial charge in [-0.25, -0.2) is 4.39 Å². The molecule has 1 amide bonds. The van der Waals surface area contributed by atoms with E-state index in [2.05, 4.69) is 13.5 Å². The zero-order valence-corrected chi connectivity index (χ0v) is 17.0. The SMILES string of the molecule is C=C(CCCC(C)C1CCC(CN2Cc3ccc(O)c(F)c3C2=O)CC1)OC. The second-order valence-corrected chi connectivity index (χ2v) is 8.51. The smallest absolute Gasteiger partial charge is 0.257 e. The van der Waals surface area contributed by atoms with Crippen molar-refractivity contribution >= 4 is 5.91 Å². The maximum Gasteiger partial charge on any atom is 0.257 e. The Morgan fingerprint density at radius 1 is 1.36 bits per heavy atom. The third-order valence-corrected chi connectivity index (χ3v) is 6.65. The van der Waals surface area contributed by atoms with Gasteiger partial charge in [-0.1, -0.05) is 26.0 Å². The fourth-order valence-electron chi connectivity index (χ4n) is 4.76. The molecule has 2 aliphatic rings. The van der Waals surface area contributed by atoms with E-state index < -0.39 is 11.6 Å². The number of ether oxygens (including phenoxy) is 1. The summed E-state index contributed by atoms with van der Waals surface area (Å²) < 4.78 is 19.2. The summed E-state index contributed by atoms with van der Waals surface area (Å²) in [6.45, 7) is 7.36. The van der Waals surface area contributed by atoms with Crippen LogP contribution in [0.1, 0.15) is 67.8 Å². The number of nitrogens with zero attached hydrogens (tertiary/aromatic N) is 1. The molecule has 154 valence electrons. The number of halogens is 1. The number of aromatic hydroxyl groups is 1. The van der Waals surface area contributed by atoms with E-state index in [0.717, 1.165) is 37.4 Å². The van der Waals surface area contributed by atoms with Gasteiger partial charge in [0.25, 0.3) is 5.91 Å². The van der Waals surface area contributed by atoms with Gasteiger partial charge in [-0.15, -0.1) is 0 Å². The van der Waals surface area contributed by atoms with E-state index >= 15 is 0 Å². The Balaban J connectivity index is 1.46. The lowest BCUT2D eigenvalue weighted by atomic mass is 9.75. The largest absolute Gasteiger partial charge is 0.505 e. The number of hydrogen-bond acceptors (Lipinski definition) is 3. The van der Waals surface area contributed by atoms with Crippen LogP contribution in [0.3, 0.4) is 0 Å². The lowest BCUT2D eigenvalue weighted by Gasteiger charge is -2.34. The van der Waals surface area contributed by atoms with Crippen LogP contribution in [0.25, 0.3) is 0 Å². The maximum absolute atomic E-state index is 14.1. The minimum atomic E-state index is -0.779. The summed E-state index contributed by atoms with van der Waals surface area (Å²) in [6, 6.07) is 2.99. The van der Waals surface area contributed by atoms with E-state index in [1.165, 1.54) is 25.3 Å². The summed E-state index contributed by atoms with van der Waals surface area (Å²) in [5.41, 5.74) is 0.736. The van der Waals surface area contributed by atoms with Gasteiger partial charge in [0.15, 0.2) is 11.6 Å². The molecule has 1 fully saturated rings. The Bertz CT molecular complexity index is 725. The van der Waals surface area contributed by atoms with Crippen molar-refractivity contribution in [2.45, 2.75) is 58.4 Å². The van der Waals surface area contributed by atoms with Crippen LogP contribution in [0.2, 0.25) is 0 Å². The molecular weight excluding hydrogens is 357 g/mol. The Labute approximate surface area is 167 Å². The number of allylic oxidation sites excluding steroid dienone is 1. The number of methoxy groups -OCH3 is 1. The van der Waals surface area contributed by atoms with Gasteiger partial charge in [0.05, 0.1) is 18.4 Å². The summed E-state index contributed by atoms with van der Waals surface area (Å²) in [5.74, 6) is 1.27. The minimum Gasteiger partial charge on any atom is -0.505 e. The van der Waals surface area contributed by atoms with Gasteiger partial charge in [-0.3, -0.25) is 4.79 Å². The van der Waals surface area contributed by atoms with E-state index in [1.54, 1.807) is 18.1 Å². The molecule has 1 unspecified atom stereocenters. The number of amides is 1. The zero-order chi connectivity index (χ0) is 20.3. The molecule has 0 saturated heterocycles. The second-order valence-electron chi connectivity index (χ2n) is 8.51. The average molecular weight is 390 g/mol. The normalized spacial score (nSPS) is 22.8. The van der Waals surface area contributed by atoms with E-state index in [-0.39, 0.29) is 11.5 Å². The molecule has 1 saturated carbocycles. The van der Waals surface area contributed by atoms with Crippen molar-refractivity contribution in [1.29, 1.82) is 0 Å². The Morgan fingerprint density at radius 2 is 2.07 bits per heavy atom. The molecule has 5 heteroatoms. The monoisotopic (exact) mass is 389 g/mol. The first-order chi connectivity index (χ1) is 13.4. The molecule has 1 aliphatic heterocycles. The summed E-state index contributed by atoms with van der Waals surface area (Å²) in [4.78, 5) is 14.3. The highest BCUT2D eigenvalue weighted by molar-refractivity contribution is 5.99. The maximum atomic E-state index is 14.1. The van der Waals surface area contributed by atoms with Crippen LogP contribution in [-0.2, 0) is 11.3 Å². The van der Waals surface area contributed by atoms with Crippen LogP contribution >= 0.6 is 0 Å². The molecule has 0 bridgehead atoms. The molecule has 1 N–H and O–H groups in total. The first kappa shape index (κ1) is 20.7. The number of phenols is 1. The number of carbonyl (C=O) groups is 1. The first-order valence-electron chi connectivity index (χ1n) is 10.4. The highest BCUT2D eigenvalue weighted by Crippen LogP contribution is 2.37. The van der Waals surface area contributed by atoms with E-state index in [4.69, 9.17) is 4.74 Å². The molecule has 1 heterocycles. The quantitative estimate of drug-likeness (QED) is 0.617. The fourth-order valence-corrected chi connectivity index (χ4v) is 4.76. The Hall–Kier alpha value is -2.04. The van der Waals surface area contributed by atoms with E-state index in [9.17, 15) is 14.3 Å². The van der Waals surface area contributed by atoms with Crippen LogP contribution in [0, 0.1) is 23.6 Å². The predicted octanol–water partition coefficient (Wildman–Crippen LogP) is 5.26. The van der Waals surface area contributed by atoms with Gasteiger partial charge >= 0.3 is 0 Å². The number of benzene rings is 1. The number of rotatable bonds is 8. The molecule has 1 atom stereocenters. The van der Waals surface area contributed by atoms with Gasteiger partial charge in [0.2, 0.25) is 0 Å². The molecule has 3 rings (SSSR count). The van der Waals surface area contributed by atoms with Crippen molar-refractivity contribution in [1.82, 2.24) is 4.90 Å². The topological polar surface area (TPSA) is 49.8 Å². The van der Waals surface area contributed by atoms with Crippen molar-refractivity contribution in [2.75, 3.05) is 13.7 Å². The molecule has 1 aromatic rings. The van der Waals surface area contributed by atoms with Crippen LogP contribution in [0.4, 0.5) is 4.39 Å². The van der Waals surface area contributed by atoms with Crippen LogP contribution < -0.4 is 0 Å². The van der Waals surface area contributed by atoms with Crippen molar-refractivity contribution in [3.05, 3.63) is 41.4 Å². The third-order valence-electron chi connectivity index (χ3n) is 6.65. The Morgan fingerprint density at radius 3 is 2.75 bits per heavy atom. The predicted molar refractivity (Wildman–Crippen MR) is 107 cm³/mol. The highest BCUT2D eigenvalue weighted by atomic mass is 19.1. The van der Waals surface area contributed by atoms with Gasteiger partial charge in [-0.2, -0.15) is 0 Å². The fraction of sp³-hybridized carbons (Fsp3) is 0.609. The Kier molecular flexibility index (Phi) is 6.63. The molecule has 28 heavy (non-hydrogen) atoms. The number of hydrogen-bond donors (Lipinski definition) is 1. The van der Waals surface area contributed by atoms with Gasteiger partial charge in [0.1, 0.15) is 0 Å². The van der Waals surface area contributed by atoms with Crippen LogP contribution in [0.5, 0.6) is 5.75 Å². The van der Waals surface area contributed by atoms with Crippen molar-refractivity contribution < 1.29 is 19.0 Å². The van der Waals surface area contributed by atoms with Crippen LogP contribution in [0.15, 0.2) is 24.5 Å². The van der Waals surface area contributed by atoms with Crippen molar-refractivity contribution in [3.63, 3.8) is 0 Å². The van der Waals surface area contributed by atoms with Crippen molar-refractivity contribution in [3.8, 4) is 5.75 Å². The molecular formula is C23H32FNO3.